The summed E-state index contributed by atoms with van der Waals surface area (Å²) in [5, 5.41) is 0. The van der Waals surface area contributed by atoms with Crippen molar-refractivity contribution >= 4 is 27.3 Å². The van der Waals surface area contributed by atoms with Gasteiger partial charge in [-0.15, -0.1) is 11.8 Å². The number of nitrogen functional groups attached to an aromatic ring is 1. The van der Waals surface area contributed by atoms with E-state index in [0.29, 0.717) is 5.75 Å². The molecule has 3 nitrogen and oxygen atoms in total. The Morgan fingerprint density at radius 3 is 2.44 bits per heavy atom. The maximum absolute atomic E-state index is 12.0. The fourth-order valence-corrected chi connectivity index (χ4v) is 3.91. The molecule has 0 aromatic heterocycles. The third kappa shape index (κ3) is 3.65. The lowest BCUT2D eigenvalue weighted by Gasteiger charge is -2.19. The number of hydrogen-bond donors (Lipinski definition) is 1. The highest BCUT2D eigenvalue weighted by atomic mass is 32.2. The molecule has 0 amide bonds. The monoisotopic (exact) mass is 287 g/mol. The molecule has 0 atom stereocenters. The van der Waals surface area contributed by atoms with Gasteiger partial charge in [0.05, 0.1) is 10.5 Å². The lowest BCUT2D eigenvalue weighted by molar-refractivity contribution is 0.562. The second-order valence-corrected chi connectivity index (χ2v) is 9.25. The van der Waals surface area contributed by atoms with Crippen LogP contribution in [-0.2, 0) is 9.84 Å². The summed E-state index contributed by atoms with van der Waals surface area (Å²) < 4.78 is 23.2. The number of sulfone groups is 1. The summed E-state index contributed by atoms with van der Waals surface area (Å²) in [4.78, 5) is 1.05. The molecule has 0 saturated carbocycles. The van der Waals surface area contributed by atoms with Crippen LogP contribution in [0.2, 0.25) is 0 Å². The first-order chi connectivity index (χ1) is 8.15. The molecule has 1 aromatic rings. The average Bonchev–Trinajstić information content (AvgIpc) is 2.22. The van der Waals surface area contributed by atoms with Crippen molar-refractivity contribution in [3.8, 4) is 0 Å². The molecule has 0 aliphatic rings. The van der Waals surface area contributed by atoms with Crippen LogP contribution in [0.25, 0.3) is 0 Å². The van der Waals surface area contributed by atoms with E-state index in [1.807, 2.05) is 25.1 Å². The topological polar surface area (TPSA) is 60.2 Å². The van der Waals surface area contributed by atoms with E-state index >= 15 is 0 Å². The van der Waals surface area contributed by atoms with Gasteiger partial charge in [0.1, 0.15) is 0 Å². The Kier molecular flexibility index (Phi) is 4.72. The van der Waals surface area contributed by atoms with Crippen molar-refractivity contribution in [1.29, 1.82) is 0 Å². The fraction of sp³-hybridized carbons (Fsp3) is 0.538. The molecule has 0 saturated heterocycles. The highest BCUT2D eigenvalue weighted by molar-refractivity contribution is 8.01. The molecular weight excluding hydrogens is 266 g/mol. The van der Waals surface area contributed by atoms with Crippen LogP contribution in [0.1, 0.15) is 26.3 Å². The van der Waals surface area contributed by atoms with Gasteiger partial charge in [0.15, 0.2) is 9.84 Å². The van der Waals surface area contributed by atoms with Crippen LogP contribution in [0, 0.1) is 6.92 Å². The van der Waals surface area contributed by atoms with E-state index in [-0.39, 0.29) is 5.75 Å². The summed E-state index contributed by atoms with van der Waals surface area (Å²) >= 11 is 1.55. The predicted octanol–water partition coefficient (Wildman–Crippen LogP) is 2.88. The van der Waals surface area contributed by atoms with Gasteiger partial charge < -0.3 is 5.73 Å². The molecule has 18 heavy (non-hydrogen) atoms. The van der Waals surface area contributed by atoms with Crippen LogP contribution >= 0.6 is 11.8 Å². The quantitative estimate of drug-likeness (QED) is 0.683. The minimum atomic E-state index is -3.04. The van der Waals surface area contributed by atoms with Gasteiger partial charge in [0.25, 0.3) is 0 Å². The van der Waals surface area contributed by atoms with Gasteiger partial charge in [-0.2, -0.15) is 0 Å². The van der Waals surface area contributed by atoms with E-state index in [0.717, 1.165) is 16.1 Å². The summed E-state index contributed by atoms with van der Waals surface area (Å²) in [5.41, 5.74) is 7.59. The SMILES string of the molecule is Cc1c(N)cccc1SCCS(=O)(=O)C(C)(C)C. The number of anilines is 1. The number of nitrogens with two attached hydrogens (primary N) is 1. The fourth-order valence-electron chi connectivity index (χ4n) is 1.36. The summed E-state index contributed by atoms with van der Waals surface area (Å²) in [5.74, 6) is 0.749. The second-order valence-electron chi connectivity index (χ2n) is 5.25. The molecule has 0 spiro atoms. The molecular formula is C13H21NO2S2. The van der Waals surface area contributed by atoms with E-state index < -0.39 is 14.6 Å². The van der Waals surface area contributed by atoms with E-state index in [2.05, 4.69) is 0 Å². The normalized spacial score (nSPS) is 12.7. The molecule has 1 aromatic carbocycles. The van der Waals surface area contributed by atoms with Gasteiger partial charge in [-0.3, -0.25) is 0 Å². The van der Waals surface area contributed by atoms with Crippen LogP contribution in [0.3, 0.4) is 0 Å². The van der Waals surface area contributed by atoms with E-state index in [1.54, 1.807) is 32.5 Å². The van der Waals surface area contributed by atoms with Crippen LogP contribution < -0.4 is 5.73 Å². The highest BCUT2D eigenvalue weighted by Gasteiger charge is 2.28. The van der Waals surface area contributed by atoms with Gasteiger partial charge in [-0.1, -0.05) is 6.07 Å². The van der Waals surface area contributed by atoms with Crippen molar-refractivity contribution in [1.82, 2.24) is 0 Å². The maximum atomic E-state index is 12.0. The van der Waals surface area contributed by atoms with E-state index in [9.17, 15) is 8.42 Å². The van der Waals surface area contributed by atoms with Crippen LogP contribution in [-0.4, -0.2) is 24.7 Å². The molecule has 2 N–H and O–H groups in total. The first-order valence-corrected chi connectivity index (χ1v) is 8.49. The Morgan fingerprint density at radius 1 is 1.28 bits per heavy atom. The van der Waals surface area contributed by atoms with Crippen molar-refractivity contribution < 1.29 is 8.42 Å². The Labute approximate surface area is 114 Å². The van der Waals surface area contributed by atoms with Crippen molar-refractivity contribution in [3.05, 3.63) is 23.8 Å². The summed E-state index contributed by atoms with van der Waals surface area (Å²) in [6, 6.07) is 5.72. The molecule has 102 valence electrons. The van der Waals surface area contributed by atoms with E-state index in [4.69, 9.17) is 5.73 Å². The number of hydrogen-bond acceptors (Lipinski definition) is 4. The van der Waals surface area contributed by atoms with Gasteiger partial charge in [0.2, 0.25) is 0 Å². The smallest absolute Gasteiger partial charge is 0.156 e. The Hall–Kier alpha value is -0.680. The molecule has 0 heterocycles. The van der Waals surface area contributed by atoms with Crippen LogP contribution in [0.5, 0.6) is 0 Å². The standard InChI is InChI=1S/C13H21NO2S2/c1-10-11(14)6-5-7-12(10)17-8-9-18(15,16)13(2,3)4/h5-7H,8-9,14H2,1-4H3. The van der Waals surface area contributed by atoms with E-state index in [1.165, 1.54) is 0 Å². The minimum Gasteiger partial charge on any atom is -0.398 e. The van der Waals surface area contributed by atoms with Crippen molar-refractivity contribution in [2.45, 2.75) is 37.3 Å². The summed E-state index contributed by atoms with van der Waals surface area (Å²) in [6.45, 7) is 7.16. The van der Waals surface area contributed by atoms with Gasteiger partial charge in [0, 0.05) is 16.3 Å². The lowest BCUT2D eigenvalue weighted by Crippen LogP contribution is -2.31. The highest BCUT2D eigenvalue weighted by Crippen LogP contribution is 2.27. The summed E-state index contributed by atoms with van der Waals surface area (Å²) in [6.07, 6.45) is 0. The maximum Gasteiger partial charge on any atom is 0.156 e. The average molecular weight is 287 g/mol. The van der Waals surface area contributed by atoms with Crippen LogP contribution in [0.15, 0.2) is 23.1 Å². The van der Waals surface area contributed by atoms with Gasteiger partial charge in [-0.05, 0) is 45.4 Å². The first-order valence-electron chi connectivity index (χ1n) is 5.85. The van der Waals surface area contributed by atoms with Crippen LogP contribution in [0.4, 0.5) is 5.69 Å². The zero-order chi connectivity index (χ0) is 14.0. The third-order valence-corrected chi connectivity index (χ3v) is 6.90. The van der Waals surface area contributed by atoms with Crippen molar-refractivity contribution in [2.24, 2.45) is 0 Å². The molecule has 0 bridgehead atoms. The number of benzene rings is 1. The molecule has 0 radical (unpaired) electrons. The van der Waals surface area contributed by atoms with Crippen molar-refractivity contribution in [2.75, 3.05) is 17.2 Å². The largest absolute Gasteiger partial charge is 0.398 e. The Bertz CT molecular complexity index is 516. The second kappa shape index (κ2) is 5.53. The predicted molar refractivity (Wildman–Crippen MR) is 79.9 cm³/mol. The molecule has 0 aliphatic carbocycles. The number of rotatable bonds is 4. The third-order valence-electron chi connectivity index (χ3n) is 2.87. The molecule has 0 unspecified atom stereocenters. The first kappa shape index (κ1) is 15.4. The summed E-state index contributed by atoms with van der Waals surface area (Å²) in [7, 11) is -3.04. The zero-order valence-electron chi connectivity index (χ0n) is 11.4. The molecule has 5 heteroatoms. The van der Waals surface area contributed by atoms with Crippen molar-refractivity contribution in [3.63, 3.8) is 0 Å². The minimum absolute atomic E-state index is 0.190. The number of thioether (sulfide) groups is 1. The lowest BCUT2D eigenvalue weighted by atomic mass is 10.2. The molecule has 1 rings (SSSR count). The Morgan fingerprint density at radius 2 is 1.89 bits per heavy atom. The zero-order valence-corrected chi connectivity index (χ0v) is 13.0. The molecule has 0 fully saturated rings. The molecule has 0 aliphatic heterocycles. The van der Waals surface area contributed by atoms with Gasteiger partial charge >= 0.3 is 0 Å². The Balaban J connectivity index is 2.66. The van der Waals surface area contributed by atoms with Gasteiger partial charge in [-0.25, -0.2) is 8.42 Å².